The van der Waals surface area contributed by atoms with E-state index >= 15 is 0 Å². The quantitative estimate of drug-likeness (QED) is 0.611. The standard InChI is InChI=1S/C16H20ClN5O3S3/c1-20-15(11-2-3-11)18-19-16(20)26-10-13(23)21-6-8-22(9-7-21)28(24,25)14-5-4-12(17)27-14/h4-5,11H,2-3,6-10H2,1H3. The maximum atomic E-state index is 12.6. The van der Waals surface area contributed by atoms with Crippen LogP contribution in [0, 0.1) is 0 Å². The molecule has 0 aromatic carbocycles. The van der Waals surface area contributed by atoms with Crippen LogP contribution < -0.4 is 0 Å². The molecule has 0 unspecified atom stereocenters. The first-order valence-electron chi connectivity index (χ1n) is 8.91. The number of piperazine rings is 1. The van der Waals surface area contributed by atoms with E-state index in [9.17, 15) is 13.2 Å². The Morgan fingerprint density at radius 1 is 1.25 bits per heavy atom. The van der Waals surface area contributed by atoms with E-state index in [1.165, 1.54) is 22.1 Å². The van der Waals surface area contributed by atoms with Crippen molar-refractivity contribution in [1.29, 1.82) is 0 Å². The summed E-state index contributed by atoms with van der Waals surface area (Å²) >= 11 is 8.28. The van der Waals surface area contributed by atoms with E-state index in [0.717, 1.165) is 35.2 Å². The predicted octanol–water partition coefficient (Wildman–Crippen LogP) is 2.03. The Balaban J connectivity index is 1.30. The van der Waals surface area contributed by atoms with Crippen LogP contribution in [0.1, 0.15) is 24.6 Å². The van der Waals surface area contributed by atoms with Gasteiger partial charge in [-0.15, -0.1) is 21.5 Å². The first-order chi connectivity index (χ1) is 13.4. The van der Waals surface area contributed by atoms with Gasteiger partial charge in [-0.1, -0.05) is 23.4 Å². The zero-order valence-electron chi connectivity index (χ0n) is 15.2. The molecule has 3 heterocycles. The highest BCUT2D eigenvalue weighted by Crippen LogP contribution is 2.39. The highest BCUT2D eigenvalue weighted by molar-refractivity contribution is 7.99. The molecule has 1 saturated heterocycles. The van der Waals surface area contributed by atoms with Crippen molar-refractivity contribution in [3.8, 4) is 0 Å². The van der Waals surface area contributed by atoms with Crippen molar-refractivity contribution in [2.45, 2.75) is 28.1 Å². The topological polar surface area (TPSA) is 88.4 Å². The maximum absolute atomic E-state index is 12.6. The van der Waals surface area contributed by atoms with Crippen LogP contribution in [0.4, 0.5) is 0 Å². The third-order valence-corrected chi connectivity index (χ3v) is 9.47. The van der Waals surface area contributed by atoms with Gasteiger partial charge in [0.25, 0.3) is 10.0 Å². The fraction of sp³-hybridized carbons (Fsp3) is 0.562. The van der Waals surface area contributed by atoms with E-state index in [1.54, 1.807) is 11.0 Å². The Morgan fingerprint density at radius 3 is 2.57 bits per heavy atom. The number of carbonyl (C=O) groups is 1. The minimum atomic E-state index is -3.55. The summed E-state index contributed by atoms with van der Waals surface area (Å²) in [6.45, 7) is 1.32. The number of hydrogen-bond acceptors (Lipinski definition) is 7. The fourth-order valence-corrected chi connectivity index (χ4v) is 6.99. The van der Waals surface area contributed by atoms with Gasteiger partial charge in [-0.3, -0.25) is 4.79 Å². The SMILES string of the molecule is Cn1c(SCC(=O)N2CCN(S(=O)(=O)c3ccc(Cl)s3)CC2)nnc1C1CC1. The van der Waals surface area contributed by atoms with E-state index in [0.29, 0.717) is 23.3 Å². The number of amides is 1. The number of rotatable bonds is 6. The van der Waals surface area contributed by atoms with E-state index in [-0.39, 0.29) is 29.0 Å². The zero-order valence-corrected chi connectivity index (χ0v) is 18.5. The van der Waals surface area contributed by atoms with Crippen molar-refractivity contribution in [1.82, 2.24) is 24.0 Å². The highest BCUT2D eigenvalue weighted by atomic mass is 35.5. The van der Waals surface area contributed by atoms with Crippen LogP contribution in [0.25, 0.3) is 0 Å². The molecule has 0 bridgehead atoms. The highest BCUT2D eigenvalue weighted by Gasteiger charge is 2.32. The third-order valence-electron chi connectivity index (χ3n) is 4.87. The molecule has 1 aliphatic heterocycles. The lowest BCUT2D eigenvalue weighted by atomic mass is 10.3. The molecule has 4 rings (SSSR count). The summed E-state index contributed by atoms with van der Waals surface area (Å²) in [6.07, 6.45) is 2.31. The Morgan fingerprint density at radius 2 is 1.96 bits per heavy atom. The lowest BCUT2D eigenvalue weighted by Crippen LogP contribution is -2.50. The monoisotopic (exact) mass is 461 g/mol. The van der Waals surface area contributed by atoms with Gasteiger partial charge in [-0.2, -0.15) is 4.31 Å². The van der Waals surface area contributed by atoms with Crippen LogP contribution in [0.5, 0.6) is 0 Å². The molecule has 1 aliphatic carbocycles. The second-order valence-corrected chi connectivity index (χ2v) is 11.6. The zero-order chi connectivity index (χ0) is 19.9. The van der Waals surface area contributed by atoms with Gasteiger partial charge in [0.2, 0.25) is 5.91 Å². The molecule has 2 aromatic heterocycles. The van der Waals surface area contributed by atoms with Gasteiger partial charge in [0.15, 0.2) is 5.16 Å². The predicted molar refractivity (Wildman–Crippen MR) is 108 cm³/mol. The molecule has 0 spiro atoms. The number of thioether (sulfide) groups is 1. The number of carbonyl (C=O) groups excluding carboxylic acids is 1. The molecule has 8 nitrogen and oxygen atoms in total. The van der Waals surface area contributed by atoms with Gasteiger partial charge in [-0.25, -0.2) is 8.42 Å². The van der Waals surface area contributed by atoms with Crippen LogP contribution >= 0.6 is 34.7 Å². The molecule has 0 radical (unpaired) electrons. The molecule has 0 atom stereocenters. The molecule has 2 aliphatic rings. The van der Waals surface area contributed by atoms with Crippen molar-refractivity contribution in [3.05, 3.63) is 22.3 Å². The van der Waals surface area contributed by atoms with E-state index in [2.05, 4.69) is 10.2 Å². The molecular weight excluding hydrogens is 442 g/mol. The van der Waals surface area contributed by atoms with E-state index < -0.39 is 10.0 Å². The van der Waals surface area contributed by atoms with Crippen molar-refractivity contribution in [3.63, 3.8) is 0 Å². The normalized spacial score (nSPS) is 18.6. The number of nitrogens with zero attached hydrogens (tertiary/aromatic N) is 5. The minimum absolute atomic E-state index is 0.0165. The van der Waals surface area contributed by atoms with E-state index in [4.69, 9.17) is 11.6 Å². The number of hydrogen-bond donors (Lipinski definition) is 0. The second-order valence-electron chi connectivity index (χ2n) is 6.81. The average molecular weight is 462 g/mol. The number of halogens is 1. The van der Waals surface area contributed by atoms with Gasteiger partial charge >= 0.3 is 0 Å². The van der Waals surface area contributed by atoms with Gasteiger partial charge in [0.1, 0.15) is 10.0 Å². The summed E-state index contributed by atoms with van der Waals surface area (Å²) in [5, 5.41) is 9.14. The van der Waals surface area contributed by atoms with Crippen molar-refractivity contribution in [2.24, 2.45) is 7.05 Å². The van der Waals surface area contributed by atoms with Gasteiger partial charge in [0, 0.05) is 39.1 Å². The summed E-state index contributed by atoms with van der Waals surface area (Å²) in [5.41, 5.74) is 0. The average Bonchev–Trinajstić information content (AvgIpc) is 3.32. The Hall–Kier alpha value is -1.14. The van der Waals surface area contributed by atoms with E-state index in [1.807, 2.05) is 11.6 Å². The third kappa shape index (κ3) is 4.09. The molecule has 0 N–H and O–H groups in total. The lowest BCUT2D eigenvalue weighted by molar-refractivity contribution is -0.129. The van der Waals surface area contributed by atoms with Gasteiger partial charge < -0.3 is 9.47 Å². The summed E-state index contributed by atoms with van der Waals surface area (Å²) in [5.74, 6) is 1.75. The largest absolute Gasteiger partial charge is 0.339 e. The van der Waals surface area contributed by atoms with Crippen LogP contribution in [-0.2, 0) is 21.9 Å². The summed E-state index contributed by atoms with van der Waals surface area (Å²) in [6, 6.07) is 3.10. The molecule has 1 saturated carbocycles. The summed E-state index contributed by atoms with van der Waals surface area (Å²) < 4.78 is 29.3. The molecule has 12 heteroatoms. The first kappa shape index (κ1) is 20.1. The van der Waals surface area contributed by atoms with Crippen molar-refractivity contribution >= 4 is 50.6 Å². The van der Waals surface area contributed by atoms with Crippen LogP contribution in [0.2, 0.25) is 4.34 Å². The summed E-state index contributed by atoms with van der Waals surface area (Å²) in [4.78, 5) is 14.2. The lowest BCUT2D eigenvalue weighted by Gasteiger charge is -2.33. The first-order valence-corrected chi connectivity index (χ1v) is 12.5. The second kappa shape index (κ2) is 7.94. The number of aromatic nitrogens is 3. The molecule has 28 heavy (non-hydrogen) atoms. The number of thiophene rings is 1. The van der Waals surface area contributed by atoms with Gasteiger partial charge in [0.05, 0.1) is 10.1 Å². The molecule has 152 valence electrons. The smallest absolute Gasteiger partial charge is 0.252 e. The Bertz CT molecular complexity index is 978. The minimum Gasteiger partial charge on any atom is -0.339 e. The van der Waals surface area contributed by atoms with Crippen molar-refractivity contribution in [2.75, 3.05) is 31.9 Å². The Labute approximate surface area is 176 Å². The fourth-order valence-electron chi connectivity index (χ4n) is 3.11. The number of sulfonamides is 1. The summed E-state index contributed by atoms with van der Waals surface area (Å²) in [7, 11) is -1.62. The molecule has 2 fully saturated rings. The molecule has 1 amide bonds. The van der Waals surface area contributed by atoms with Gasteiger partial charge in [-0.05, 0) is 25.0 Å². The van der Waals surface area contributed by atoms with Crippen LogP contribution in [-0.4, -0.2) is 70.2 Å². The Kier molecular flexibility index (Phi) is 5.71. The maximum Gasteiger partial charge on any atom is 0.252 e. The van der Waals surface area contributed by atoms with Crippen LogP contribution in [0.15, 0.2) is 21.5 Å². The molecular formula is C16H20ClN5O3S3. The van der Waals surface area contributed by atoms with Crippen LogP contribution in [0.3, 0.4) is 0 Å². The van der Waals surface area contributed by atoms with Crippen molar-refractivity contribution < 1.29 is 13.2 Å². The molecule has 2 aromatic rings.